The maximum Gasteiger partial charge on any atom is 0.0611 e. The van der Waals surface area contributed by atoms with Gasteiger partial charge in [0.05, 0.1) is 6.61 Å². The highest BCUT2D eigenvalue weighted by atomic mass is 16.3. The van der Waals surface area contributed by atoms with Crippen molar-refractivity contribution in [1.29, 1.82) is 0 Å². The average molecular weight is 216 g/mol. The number of rotatable bonds is 7. The molecular weight excluding hydrogens is 188 g/mol. The highest BCUT2D eigenvalue weighted by molar-refractivity contribution is 4.87. The van der Waals surface area contributed by atoms with Crippen molar-refractivity contribution < 1.29 is 5.11 Å². The molecule has 0 rings (SSSR count). The Labute approximate surface area is 94.9 Å². The Morgan fingerprint density at radius 2 is 1.87 bits per heavy atom. The monoisotopic (exact) mass is 216 g/mol. The van der Waals surface area contributed by atoms with E-state index < -0.39 is 0 Å². The van der Waals surface area contributed by atoms with Crippen molar-refractivity contribution in [3.8, 4) is 0 Å². The van der Waals surface area contributed by atoms with Crippen LogP contribution in [0.3, 0.4) is 0 Å². The second kappa shape index (κ2) is 6.46. The minimum Gasteiger partial charge on any atom is -0.394 e. The fourth-order valence-corrected chi connectivity index (χ4v) is 1.99. The lowest BCUT2D eigenvalue weighted by molar-refractivity contribution is 0.121. The summed E-state index contributed by atoms with van der Waals surface area (Å²) in [6.45, 7) is 11.9. The van der Waals surface area contributed by atoms with E-state index in [-0.39, 0.29) is 12.1 Å². The molecule has 0 fully saturated rings. The Bertz CT molecular complexity index is 173. The predicted molar refractivity (Wildman–Crippen MR) is 66.1 cm³/mol. The van der Waals surface area contributed by atoms with Gasteiger partial charge in [-0.1, -0.05) is 20.8 Å². The molecule has 0 saturated heterocycles. The average Bonchev–Trinajstić information content (AvgIpc) is 2.15. The summed E-state index contributed by atoms with van der Waals surface area (Å²) in [7, 11) is 2.12. The fourth-order valence-electron chi connectivity index (χ4n) is 1.99. The lowest BCUT2D eigenvalue weighted by atomic mass is 9.93. The molecule has 0 aromatic carbocycles. The van der Waals surface area contributed by atoms with Gasteiger partial charge in [0.1, 0.15) is 0 Å². The number of aliphatic hydroxyl groups excluding tert-OH is 1. The zero-order valence-corrected chi connectivity index (χ0v) is 11.2. The molecule has 0 radical (unpaired) electrons. The van der Waals surface area contributed by atoms with E-state index >= 15 is 0 Å². The lowest BCUT2D eigenvalue weighted by Gasteiger charge is -2.36. The fraction of sp³-hybridized carbons (Fsp3) is 1.00. The van der Waals surface area contributed by atoms with E-state index in [1.54, 1.807) is 0 Å². The van der Waals surface area contributed by atoms with E-state index in [4.69, 9.17) is 0 Å². The van der Waals surface area contributed by atoms with Crippen molar-refractivity contribution in [1.82, 2.24) is 10.2 Å². The summed E-state index contributed by atoms with van der Waals surface area (Å²) in [4.78, 5) is 2.30. The Morgan fingerprint density at radius 3 is 2.20 bits per heavy atom. The van der Waals surface area contributed by atoms with Crippen molar-refractivity contribution in [2.24, 2.45) is 0 Å². The quantitative estimate of drug-likeness (QED) is 0.676. The number of nitrogens with one attached hydrogen (secondary N) is 1. The van der Waals surface area contributed by atoms with Gasteiger partial charge in [-0.15, -0.1) is 0 Å². The second-order valence-corrected chi connectivity index (χ2v) is 5.14. The SMILES string of the molecule is CCN(C)C(C)CC(C)(CO)NC(C)C. The number of nitrogens with zero attached hydrogens (tertiary/aromatic N) is 1. The van der Waals surface area contributed by atoms with Crippen LogP contribution in [0.25, 0.3) is 0 Å². The zero-order valence-electron chi connectivity index (χ0n) is 11.2. The maximum absolute atomic E-state index is 9.46. The smallest absolute Gasteiger partial charge is 0.0611 e. The van der Waals surface area contributed by atoms with Crippen molar-refractivity contribution in [2.45, 2.75) is 58.7 Å². The third-order valence-electron chi connectivity index (χ3n) is 2.98. The molecule has 0 aromatic heterocycles. The molecule has 0 amide bonds. The summed E-state index contributed by atoms with van der Waals surface area (Å²) in [5, 5.41) is 12.9. The van der Waals surface area contributed by atoms with E-state index in [0.29, 0.717) is 12.1 Å². The lowest BCUT2D eigenvalue weighted by Crippen LogP contribution is -2.52. The van der Waals surface area contributed by atoms with Gasteiger partial charge in [-0.25, -0.2) is 0 Å². The van der Waals surface area contributed by atoms with Crippen molar-refractivity contribution in [2.75, 3.05) is 20.2 Å². The molecule has 0 heterocycles. The molecular formula is C12H28N2O. The summed E-state index contributed by atoms with van der Waals surface area (Å²) < 4.78 is 0. The van der Waals surface area contributed by atoms with E-state index in [1.807, 2.05) is 0 Å². The first-order valence-electron chi connectivity index (χ1n) is 5.93. The topological polar surface area (TPSA) is 35.5 Å². The van der Waals surface area contributed by atoms with Crippen LogP contribution >= 0.6 is 0 Å². The first-order chi connectivity index (χ1) is 6.84. The molecule has 0 bridgehead atoms. The summed E-state index contributed by atoms with van der Waals surface area (Å²) in [5.41, 5.74) is -0.170. The highest BCUT2D eigenvalue weighted by Gasteiger charge is 2.27. The van der Waals surface area contributed by atoms with Gasteiger partial charge < -0.3 is 15.3 Å². The van der Waals surface area contributed by atoms with Gasteiger partial charge in [0.15, 0.2) is 0 Å². The van der Waals surface area contributed by atoms with Gasteiger partial charge in [0.25, 0.3) is 0 Å². The van der Waals surface area contributed by atoms with Gasteiger partial charge in [-0.2, -0.15) is 0 Å². The minimum absolute atomic E-state index is 0.170. The molecule has 3 nitrogen and oxygen atoms in total. The van der Waals surface area contributed by atoms with Crippen LogP contribution in [0.1, 0.15) is 41.0 Å². The first-order valence-corrected chi connectivity index (χ1v) is 5.93. The van der Waals surface area contributed by atoms with E-state index in [1.165, 1.54) is 0 Å². The molecule has 92 valence electrons. The summed E-state index contributed by atoms with van der Waals surface area (Å²) >= 11 is 0. The Balaban J connectivity index is 4.29. The molecule has 3 heteroatoms. The predicted octanol–water partition coefficient (Wildman–Crippen LogP) is 1.47. The first kappa shape index (κ1) is 14.9. The second-order valence-electron chi connectivity index (χ2n) is 5.14. The van der Waals surface area contributed by atoms with Crippen LogP contribution in [-0.4, -0.2) is 47.8 Å². The summed E-state index contributed by atoms with van der Waals surface area (Å²) in [5.74, 6) is 0. The highest BCUT2D eigenvalue weighted by Crippen LogP contribution is 2.15. The Kier molecular flexibility index (Phi) is 6.41. The van der Waals surface area contributed by atoms with Crippen LogP contribution < -0.4 is 5.32 Å². The van der Waals surface area contributed by atoms with E-state index in [9.17, 15) is 5.11 Å². The number of hydrogen-bond acceptors (Lipinski definition) is 3. The van der Waals surface area contributed by atoms with E-state index in [2.05, 4.69) is 51.9 Å². The van der Waals surface area contributed by atoms with Crippen molar-refractivity contribution >= 4 is 0 Å². The minimum atomic E-state index is -0.170. The molecule has 2 atom stereocenters. The van der Waals surface area contributed by atoms with Crippen molar-refractivity contribution in [3.05, 3.63) is 0 Å². The van der Waals surface area contributed by atoms with Gasteiger partial charge in [0, 0.05) is 17.6 Å². The standard InChI is InChI=1S/C12H28N2O/c1-7-14(6)11(4)8-12(5,9-15)13-10(2)3/h10-11,13,15H,7-9H2,1-6H3. The third kappa shape index (κ3) is 5.50. The summed E-state index contributed by atoms with van der Waals surface area (Å²) in [6, 6.07) is 0.889. The van der Waals surface area contributed by atoms with Crippen LogP contribution in [0.4, 0.5) is 0 Å². The molecule has 15 heavy (non-hydrogen) atoms. The van der Waals surface area contributed by atoms with Crippen molar-refractivity contribution in [3.63, 3.8) is 0 Å². The number of hydrogen-bond donors (Lipinski definition) is 2. The normalized spacial score (nSPS) is 18.2. The van der Waals surface area contributed by atoms with Gasteiger partial charge in [-0.3, -0.25) is 0 Å². The van der Waals surface area contributed by atoms with Crippen LogP contribution in [0.15, 0.2) is 0 Å². The Morgan fingerprint density at radius 1 is 1.33 bits per heavy atom. The van der Waals surface area contributed by atoms with Gasteiger partial charge >= 0.3 is 0 Å². The molecule has 0 saturated carbocycles. The van der Waals surface area contributed by atoms with Gasteiger partial charge in [0.2, 0.25) is 0 Å². The maximum atomic E-state index is 9.46. The van der Waals surface area contributed by atoms with Gasteiger partial charge in [-0.05, 0) is 33.9 Å². The van der Waals surface area contributed by atoms with Crippen LogP contribution in [-0.2, 0) is 0 Å². The van der Waals surface area contributed by atoms with Crippen LogP contribution in [0.2, 0.25) is 0 Å². The molecule has 0 aliphatic heterocycles. The molecule has 0 aliphatic carbocycles. The molecule has 2 unspecified atom stereocenters. The molecule has 0 spiro atoms. The Hall–Kier alpha value is -0.120. The van der Waals surface area contributed by atoms with Crippen LogP contribution in [0.5, 0.6) is 0 Å². The third-order valence-corrected chi connectivity index (χ3v) is 2.98. The van der Waals surface area contributed by atoms with E-state index in [0.717, 1.165) is 13.0 Å². The zero-order chi connectivity index (χ0) is 12.1. The molecule has 2 N–H and O–H groups in total. The molecule has 0 aromatic rings. The largest absolute Gasteiger partial charge is 0.394 e. The summed E-state index contributed by atoms with van der Waals surface area (Å²) in [6.07, 6.45) is 0.964. The molecule has 0 aliphatic rings. The number of aliphatic hydroxyl groups is 1. The van der Waals surface area contributed by atoms with Crippen LogP contribution in [0, 0.1) is 0 Å².